The van der Waals surface area contributed by atoms with Crippen LogP contribution in [0.2, 0.25) is 0 Å². The summed E-state index contributed by atoms with van der Waals surface area (Å²) in [5.74, 6) is 1.54. The quantitative estimate of drug-likeness (QED) is 0.564. The van der Waals surface area contributed by atoms with E-state index in [0.29, 0.717) is 10.9 Å². The third kappa shape index (κ3) is 2.02. The molecule has 0 saturated carbocycles. The minimum absolute atomic E-state index is 0.304. The van der Waals surface area contributed by atoms with Gasteiger partial charge in [-0.3, -0.25) is 13.9 Å². The van der Waals surface area contributed by atoms with Gasteiger partial charge in [-0.2, -0.15) is 0 Å². The lowest BCUT2D eigenvalue weighted by molar-refractivity contribution is 0.469. The summed E-state index contributed by atoms with van der Waals surface area (Å²) in [5.41, 5.74) is 2.64. The monoisotopic (exact) mass is 362 g/mol. The molecule has 4 heterocycles. The van der Waals surface area contributed by atoms with Crippen molar-refractivity contribution in [3.63, 3.8) is 0 Å². The molecule has 1 aromatic carbocycles. The molecule has 1 atom stereocenters. The first kappa shape index (κ1) is 15.7. The fourth-order valence-corrected chi connectivity index (χ4v) is 3.93. The summed E-state index contributed by atoms with van der Waals surface area (Å²) in [6, 6.07) is 11.4. The van der Waals surface area contributed by atoms with Gasteiger partial charge in [-0.15, -0.1) is 0 Å². The number of furan rings is 1. The minimum Gasteiger partial charge on any atom is -0.464 e. The maximum absolute atomic E-state index is 12.8. The number of hydrogen-bond donors (Lipinski definition) is 1. The molecule has 7 heteroatoms. The summed E-state index contributed by atoms with van der Waals surface area (Å²) in [6.07, 6.45) is 1.81. The molecule has 0 aliphatic carbocycles. The van der Waals surface area contributed by atoms with Crippen LogP contribution in [-0.4, -0.2) is 13.7 Å². The smallest absolute Gasteiger partial charge is 0.331 e. The van der Waals surface area contributed by atoms with E-state index in [2.05, 4.69) is 5.32 Å². The van der Waals surface area contributed by atoms with Crippen molar-refractivity contribution in [2.24, 2.45) is 14.1 Å². The number of anilines is 1. The predicted octanol–water partition coefficient (Wildman–Crippen LogP) is 2.44. The zero-order valence-corrected chi connectivity index (χ0v) is 15.2. The molecule has 5 rings (SSSR count). The second-order valence-corrected chi connectivity index (χ2v) is 6.90. The highest BCUT2D eigenvalue weighted by atomic mass is 16.3. The zero-order valence-electron chi connectivity index (χ0n) is 15.2. The SMILES string of the molecule is Cc1ccc([C@H]2Nc3ccccc3-n3cc4c(=O)n(C)c(=O)n(C)c4c32)o1. The summed E-state index contributed by atoms with van der Waals surface area (Å²) in [5, 5.41) is 4.00. The van der Waals surface area contributed by atoms with E-state index in [9.17, 15) is 9.59 Å². The van der Waals surface area contributed by atoms with Crippen LogP contribution in [0, 0.1) is 6.92 Å². The number of benzene rings is 1. The van der Waals surface area contributed by atoms with Crippen LogP contribution in [0.1, 0.15) is 23.3 Å². The predicted molar refractivity (Wildman–Crippen MR) is 103 cm³/mol. The van der Waals surface area contributed by atoms with Crippen LogP contribution in [0.5, 0.6) is 0 Å². The lowest BCUT2D eigenvalue weighted by Gasteiger charge is -2.28. The summed E-state index contributed by atoms with van der Waals surface area (Å²) in [6.45, 7) is 1.89. The van der Waals surface area contributed by atoms with Gasteiger partial charge in [0, 0.05) is 20.3 Å². The Kier molecular flexibility index (Phi) is 3.07. The molecule has 0 bridgehead atoms. The van der Waals surface area contributed by atoms with Crippen LogP contribution < -0.4 is 16.6 Å². The van der Waals surface area contributed by atoms with E-state index in [0.717, 1.165) is 33.2 Å². The van der Waals surface area contributed by atoms with Gasteiger partial charge in [0.1, 0.15) is 17.6 Å². The average molecular weight is 362 g/mol. The van der Waals surface area contributed by atoms with Crippen molar-refractivity contribution in [2.75, 3.05) is 5.32 Å². The average Bonchev–Trinajstić information content (AvgIpc) is 3.28. The second-order valence-electron chi connectivity index (χ2n) is 6.90. The van der Waals surface area contributed by atoms with Gasteiger partial charge < -0.3 is 14.3 Å². The van der Waals surface area contributed by atoms with Crippen LogP contribution in [0.25, 0.3) is 16.6 Å². The molecule has 0 radical (unpaired) electrons. The fraction of sp³-hybridized carbons (Fsp3) is 0.200. The Morgan fingerprint density at radius 1 is 1.04 bits per heavy atom. The zero-order chi connectivity index (χ0) is 18.9. The topological polar surface area (TPSA) is 74.1 Å². The van der Waals surface area contributed by atoms with Gasteiger partial charge in [-0.25, -0.2) is 4.79 Å². The molecule has 0 unspecified atom stereocenters. The molecule has 0 amide bonds. The molecule has 0 saturated heterocycles. The third-order valence-electron chi connectivity index (χ3n) is 5.24. The molecule has 1 aliphatic rings. The first-order valence-corrected chi connectivity index (χ1v) is 8.70. The Morgan fingerprint density at radius 2 is 1.81 bits per heavy atom. The molecule has 0 spiro atoms. The largest absolute Gasteiger partial charge is 0.464 e. The summed E-state index contributed by atoms with van der Waals surface area (Å²) < 4.78 is 10.5. The molecule has 3 aromatic heterocycles. The van der Waals surface area contributed by atoms with Gasteiger partial charge in [0.05, 0.1) is 28.0 Å². The highest BCUT2D eigenvalue weighted by Crippen LogP contribution is 2.40. The van der Waals surface area contributed by atoms with Crippen LogP contribution in [0.4, 0.5) is 5.69 Å². The minimum atomic E-state index is -0.352. The Hall–Kier alpha value is -3.48. The van der Waals surface area contributed by atoms with Crippen LogP contribution in [-0.2, 0) is 14.1 Å². The third-order valence-corrected chi connectivity index (χ3v) is 5.24. The van der Waals surface area contributed by atoms with E-state index >= 15 is 0 Å². The number of aromatic nitrogens is 3. The normalized spacial score (nSPS) is 15.4. The van der Waals surface area contributed by atoms with E-state index in [1.807, 2.05) is 54.1 Å². The first-order valence-electron chi connectivity index (χ1n) is 8.70. The van der Waals surface area contributed by atoms with Gasteiger partial charge in [0.25, 0.3) is 5.56 Å². The molecular weight excluding hydrogens is 344 g/mol. The van der Waals surface area contributed by atoms with Gasteiger partial charge in [-0.1, -0.05) is 12.1 Å². The van der Waals surface area contributed by atoms with Gasteiger partial charge in [-0.05, 0) is 31.2 Å². The Bertz CT molecular complexity index is 1340. The van der Waals surface area contributed by atoms with Crippen LogP contribution in [0.3, 0.4) is 0 Å². The van der Waals surface area contributed by atoms with Crippen molar-refractivity contribution in [2.45, 2.75) is 13.0 Å². The molecule has 27 heavy (non-hydrogen) atoms. The number of nitrogens with one attached hydrogen (secondary N) is 1. The number of para-hydroxylation sites is 2. The van der Waals surface area contributed by atoms with E-state index in [4.69, 9.17) is 4.42 Å². The highest BCUT2D eigenvalue weighted by molar-refractivity contribution is 5.86. The van der Waals surface area contributed by atoms with Crippen molar-refractivity contribution in [1.82, 2.24) is 13.7 Å². The number of rotatable bonds is 1. The number of hydrogen-bond acceptors (Lipinski definition) is 4. The molecule has 7 nitrogen and oxygen atoms in total. The van der Waals surface area contributed by atoms with E-state index in [1.165, 1.54) is 11.6 Å². The van der Waals surface area contributed by atoms with Crippen LogP contribution in [0.15, 0.2) is 56.6 Å². The fourth-order valence-electron chi connectivity index (χ4n) is 3.93. The Labute approximate surface area is 154 Å². The van der Waals surface area contributed by atoms with Crippen molar-refractivity contribution in [3.05, 3.63) is 80.6 Å². The van der Waals surface area contributed by atoms with E-state index < -0.39 is 0 Å². The Morgan fingerprint density at radius 3 is 2.56 bits per heavy atom. The van der Waals surface area contributed by atoms with Gasteiger partial charge >= 0.3 is 5.69 Å². The van der Waals surface area contributed by atoms with Gasteiger partial charge in [0.15, 0.2) is 0 Å². The number of fused-ring (bicyclic) bond motifs is 5. The summed E-state index contributed by atoms with van der Waals surface area (Å²) in [4.78, 5) is 25.3. The number of aryl methyl sites for hydroxylation is 2. The summed E-state index contributed by atoms with van der Waals surface area (Å²) in [7, 11) is 3.19. The molecule has 1 N–H and O–H groups in total. The van der Waals surface area contributed by atoms with Crippen molar-refractivity contribution in [3.8, 4) is 5.69 Å². The van der Waals surface area contributed by atoms with Crippen molar-refractivity contribution >= 4 is 16.6 Å². The maximum atomic E-state index is 12.8. The van der Waals surface area contributed by atoms with Gasteiger partial charge in [0.2, 0.25) is 0 Å². The number of nitrogens with zero attached hydrogens (tertiary/aromatic N) is 3. The molecule has 4 aromatic rings. The lowest BCUT2D eigenvalue weighted by atomic mass is 10.1. The first-order chi connectivity index (χ1) is 13.0. The molecule has 1 aliphatic heterocycles. The standard InChI is InChI=1S/C20H18N4O3/c1-11-8-9-15(27-11)16-18-17-12(19(25)23(3)20(26)22(17)2)10-24(18)14-7-5-4-6-13(14)21-16/h4-10,16,21H,1-3H3/t16-/m1/s1. The maximum Gasteiger partial charge on any atom is 0.331 e. The lowest BCUT2D eigenvalue weighted by Crippen LogP contribution is -2.37. The van der Waals surface area contributed by atoms with E-state index in [-0.39, 0.29) is 17.3 Å². The molecule has 136 valence electrons. The summed E-state index contributed by atoms with van der Waals surface area (Å²) >= 11 is 0. The van der Waals surface area contributed by atoms with Crippen molar-refractivity contribution < 1.29 is 4.42 Å². The van der Waals surface area contributed by atoms with E-state index in [1.54, 1.807) is 7.05 Å². The Balaban J connectivity index is 1.95. The van der Waals surface area contributed by atoms with Crippen LogP contribution >= 0.6 is 0 Å². The highest BCUT2D eigenvalue weighted by Gasteiger charge is 2.32. The molecule has 0 fully saturated rings. The second kappa shape index (κ2) is 5.26. The molecular formula is C20H18N4O3. The van der Waals surface area contributed by atoms with Crippen molar-refractivity contribution in [1.29, 1.82) is 0 Å².